The van der Waals surface area contributed by atoms with E-state index in [4.69, 9.17) is 9.84 Å². The van der Waals surface area contributed by atoms with E-state index in [1.807, 2.05) is 0 Å². The first kappa shape index (κ1) is 23.1. The highest BCUT2D eigenvalue weighted by Crippen LogP contribution is 2.32. The SMILES string of the molecule is CCc1cc(CCCCCO)ccc1-c1ccc(OCc2ccc(C)cc2)cc1CC. The number of aliphatic hydroxyl groups is 1. The van der Waals surface area contributed by atoms with Gasteiger partial charge >= 0.3 is 0 Å². The zero-order valence-electron chi connectivity index (χ0n) is 19.3. The van der Waals surface area contributed by atoms with E-state index >= 15 is 0 Å². The Morgan fingerprint density at radius 2 is 1.35 bits per heavy atom. The molecular formula is C29H36O2. The van der Waals surface area contributed by atoms with Gasteiger partial charge in [0.2, 0.25) is 0 Å². The molecule has 3 aromatic carbocycles. The summed E-state index contributed by atoms with van der Waals surface area (Å²) in [6.07, 6.45) is 6.20. The third-order valence-electron chi connectivity index (χ3n) is 5.95. The molecule has 164 valence electrons. The minimum atomic E-state index is 0.295. The summed E-state index contributed by atoms with van der Waals surface area (Å²) >= 11 is 0. The normalized spacial score (nSPS) is 11.0. The maximum Gasteiger partial charge on any atom is 0.120 e. The fourth-order valence-corrected chi connectivity index (χ4v) is 4.04. The lowest BCUT2D eigenvalue weighted by Gasteiger charge is -2.16. The first-order valence-corrected chi connectivity index (χ1v) is 11.7. The summed E-state index contributed by atoms with van der Waals surface area (Å²) in [5.74, 6) is 0.930. The molecule has 0 radical (unpaired) electrons. The highest BCUT2D eigenvalue weighted by atomic mass is 16.5. The van der Waals surface area contributed by atoms with Crippen LogP contribution in [0.5, 0.6) is 5.75 Å². The van der Waals surface area contributed by atoms with Gasteiger partial charge in [-0.2, -0.15) is 0 Å². The Kier molecular flexibility index (Phi) is 8.73. The van der Waals surface area contributed by atoms with Crippen molar-refractivity contribution >= 4 is 0 Å². The molecule has 3 aromatic rings. The average Bonchev–Trinajstić information content (AvgIpc) is 2.81. The number of aryl methyl sites for hydroxylation is 4. The van der Waals surface area contributed by atoms with E-state index in [-0.39, 0.29) is 0 Å². The number of aliphatic hydroxyl groups excluding tert-OH is 1. The molecule has 1 N–H and O–H groups in total. The van der Waals surface area contributed by atoms with Gasteiger partial charge in [-0.1, -0.05) is 74.4 Å². The third-order valence-corrected chi connectivity index (χ3v) is 5.95. The molecule has 0 spiro atoms. The van der Waals surface area contributed by atoms with Crippen molar-refractivity contribution in [1.29, 1.82) is 0 Å². The second kappa shape index (κ2) is 11.7. The highest BCUT2D eigenvalue weighted by molar-refractivity contribution is 5.72. The van der Waals surface area contributed by atoms with E-state index in [1.165, 1.54) is 38.9 Å². The lowest BCUT2D eigenvalue weighted by Crippen LogP contribution is -1.98. The molecule has 0 aromatic heterocycles. The lowest BCUT2D eigenvalue weighted by molar-refractivity contribution is 0.283. The van der Waals surface area contributed by atoms with Crippen molar-refractivity contribution in [2.75, 3.05) is 6.61 Å². The molecule has 0 atom stereocenters. The van der Waals surface area contributed by atoms with Crippen molar-refractivity contribution in [2.24, 2.45) is 0 Å². The van der Waals surface area contributed by atoms with Crippen molar-refractivity contribution in [3.63, 3.8) is 0 Å². The van der Waals surface area contributed by atoms with Crippen LogP contribution in [0.3, 0.4) is 0 Å². The van der Waals surface area contributed by atoms with Gasteiger partial charge in [0.25, 0.3) is 0 Å². The van der Waals surface area contributed by atoms with Crippen LogP contribution in [0.15, 0.2) is 60.7 Å². The molecule has 31 heavy (non-hydrogen) atoms. The molecule has 0 aliphatic rings. The number of ether oxygens (including phenoxy) is 1. The Bertz CT molecular complexity index is 957. The Morgan fingerprint density at radius 1 is 0.710 bits per heavy atom. The van der Waals surface area contributed by atoms with Crippen LogP contribution in [0.2, 0.25) is 0 Å². The van der Waals surface area contributed by atoms with E-state index in [9.17, 15) is 0 Å². The van der Waals surface area contributed by atoms with Crippen LogP contribution in [-0.2, 0) is 25.9 Å². The molecule has 0 amide bonds. The van der Waals surface area contributed by atoms with Gasteiger partial charge in [-0.25, -0.2) is 0 Å². The lowest BCUT2D eigenvalue weighted by atomic mass is 9.91. The summed E-state index contributed by atoms with van der Waals surface area (Å²) in [5.41, 5.74) is 9.24. The predicted octanol–water partition coefficient (Wildman–Crippen LogP) is 7.07. The van der Waals surface area contributed by atoms with Gasteiger partial charge in [0.1, 0.15) is 12.4 Å². The highest BCUT2D eigenvalue weighted by Gasteiger charge is 2.11. The standard InChI is InChI=1S/C29H36O2/c1-4-25-19-23(9-7-6-8-18-30)14-16-28(25)29-17-15-27(20-26(29)5-2)31-21-24-12-10-22(3)11-13-24/h10-17,19-20,30H,4-9,18,21H2,1-3H3. The molecule has 0 fully saturated rings. The van der Waals surface area contributed by atoms with Gasteiger partial charge in [-0.3, -0.25) is 0 Å². The molecule has 2 nitrogen and oxygen atoms in total. The quantitative estimate of drug-likeness (QED) is 0.339. The molecular weight excluding hydrogens is 380 g/mol. The van der Waals surface area contributed by atoms with Crippen molar-refractivity contribution in [1.82, 2.24) is 0 Å². The molecule has 0 saturated carbocycles. The van der Waals surface area contributed by atoms with Crippen LogP contribution in [-0.4, -0.2) is 11.7 Å². The van der Waals surface area contributed by atoms with E-state index in [1.54, 1.807) is 0 Å². The Labute approximate surface area is 187 Å². The molecule has 3 rings (SSSR count). The molecule has 0 unspecified atom stereocenters. The number of rotatable bonds is 11. The largest absolute Gasteiger partial charge is 0.489 e. The topological polar surface area (TPSA) is 29.5 Å². The smallest absolute Gasteiger partial charge is 0.120 e. The van der Waals surface area contributed by atoms with Gasteiger partial charge < -0.3 is 9.84 Å². The molecule has 0 aliphatic heterocycles. The average molecular weight is 417 g/mol. The molecule has 0 bridgehead atoms. The van der Waals surface area contributed by atoms with Crippen LogP contribution in [0.1, 0.15) is 60.9 Å². The van der Waals surface area contributed by atoms with Crippen LogP contribution in [0.4, 0.5) is 0 Å². The molecule has 0 aliphatic carbocycles. The van der Waals surface area contributed by atoms with Gasteiger partial charge in [-0.15, -0.1) is 0 Å². The summed E-state index contributed by atoms with van der Waals surface area (Å²) < 4.78 is 6.09. The van der Waals surface area contributed by atoms with Crippen LogP contribution in [0.25, 0.3) is 11.1 Å². The monoisotopic (exact) mass is 416 g/mol. The van der Waals surface area contributed by atoms with Crippen molar-refractivity contribution in [3.05, 3.63) is 88.5 Å². The molecule has 2 heteroatoms. The first-order valence-electron chi connectivity index (χ1n) is 11.7. The van der Waals surface area contributed by atoms with E-state index in [0.717, 1.165) is 44.3 Å². The number of hydrogen-bond acceptors (Lipinski definition) is 2. The summed E-state index contributed by atoms with van der Waals surface area (Å²) in [7, 11) is 0. The Balaban J connectivity index is 1.76. The van der Waals surface area contributed by atoms with Gasteiger partial charge in [0.05, 0.1) is 0 Å². The summed E-state index contributed by atoms with van der Waals surface area (Å²) in [6.45, 7) is 7.44. The minimum Gasteiger partial charge on any atom is -0.489 e. The maximum absolute atomic E-state index is 8.97. The zero-order valence-corrected chi connectivity index (χ0v) is 19.3. The summed E-state index contributed by atoms with van der Waals surface area (Å²) in [6, 6.07) is 22.0. The minimum absolute atomic E-state index is 0.295. The van der Waals surface area contributed by atoms with Gasteiger partial charge in [0.15, 0.2) is 0 Å². The van der Waals surface area contributed by atoms with Gasteiger partial charge in [0, 0.05) is 6.61 Å². The number of hydrogen-bond donors (Lipinski definition) is 1. The van der Waals surface area contributed by atoms with Crippen LogP contribution in [0, 0.1) is 6.92 Å². The number of benzene rings is 3. The molecule has 0 saturated heterocycles. The third kappa shape index (κ3) is 6.45. The first-order chi connectivity index (χ1) is 15.1. The molecule has 0 heterocycles. The second-order valence-electron chi connectivity index (χ2n) is 8.33. The second-order valence-corrected chi connectivity index (χ2v) is 8.33. The maximum atomic E-state index is 8.97. The van der Waals surface area contributed by atoms with E-state index in [2.05, 4.69) is 81.4 Å². The predicted molar refractivity (Wildman–Crippen MR) is 131 cm³/mol. The number of unbranched alkanes of at least 4 members (excludes halogenated alkanes) is 2. The van der Waals surface area contributed by atoms with E-state index in [0.29, 0.717) is 13.2 Å². The Morgan fingerprint density at radius 3 is 2.03 bits per heavy atom. The fraction of sp³-hybridized carbons (Fsp3) is 0.379. The van der Waals surface area contributed by atoms with E-state index < -0.39 is 0 Å². The van der Waals surface area contributed by atoms with Crippen molar-refractivity contribution < 1.29 is 9.84 Å². The van der Waals surface area contributed by atoms with Crippen molar-refractivity contribution in [3.8, 4) is 16.9 Å². The van der Waals surface area contributed by atoms with Gasteiger partial charge in [-0.05, 0) is 84.5 Å². The Hall–Kier alpha value is -2.58. The van der Waals surface area contributed by atoms with Crippen molar-refractivity contribution in [2.45, 2.75) is 65.9 Å². The fourth-order valence-electron chi connectivity index (χ4n) is 4.04. The summed E-state index contributed by atoms with van der Waals surface area (Å²) in [4.78, 5) is 0. The summed E-state index contributed by atoms with van der Waals surface area (Å²) in [5, 5.41) is 8.97. The van der Waals surface area contributed by atoms with Crippen LogP contribution >= 0.6 is 0 Å². The zero-order chi connectivity index (χ0) is 22.1. The van der Waals surface area contributed by atoms with Crippen LogP contribution < -0.4 is 4.74 Å².